The zero-order valence-corrected chi connectivity index (χ0v) is 10.5. The van der Waals surface area contributed by atoms with Crippen LogP contribution in [0.25, 0.3) is 0 Å². The monoisotopic (exact) mass is 253 g/mol. The van der Waals surface area contributed by atoms with Gasteiger partial charge in [0.1, 0.15) is 13.2 Å². The molecule has 0 radical (unpaired) electrons. The second-order valence-corrected chi connectivity index (χ2v) is 4.18. The molecule has 1 aliphatic heterocycles. The molecule has 100 valence electrons. The molecule has 1 aliphatic rings. The molecule has 0 bridgehead atoms. The molecule has 18 heavy (non-hydrogen) atoms. The first-order valence-electron chi connectivity index (χ1n) is 6.06. The Balaban J connectivity index is 1.89. The number of para-hydroxylation sites is 1. The molecule has 0 amide bonds. The van der Waals surface area contributed by atoms with Gasteiger partial charge in [0.15, 0.2) is 11.5 Å². The van der Waals surface area contributed by atoms with E-state index in [4.69, 9.17) is 14.2 Å². The van der Waals surface area contributed by atoms with Gasteiger partial charge >= 0.3 is 0 Å². The first-order valence-corrected chi connectivity index (χ1v) is 6.06. The van der Waals surface area contributed by atoms with Gasteiger partial charge in [0, 0.05) is 25.8 Å². The van der Waals surface area contributed by atoms with Crippen LogP contribution in [-0.4, -0.2) is 44.7 Å². The fourth-order valence-corrected chi connectivity index (χ4v) is 1.90. The van der Waals surface area contributed by atoms with Crippen LogP contribution in [0.3, 0.4) is 0 Å². The Labute approximate surface area is 107 Å². The summed E-state index contributed by atoms with van der Waals surface area (Å²) in [6.45, 7) is 2.62. The Kier molecular flexibility index (Phi) is 4.81. The average molecular weight is 253 g/mol. The quantitative estimate of drug-likeness (QED) is 0.775. The van der Waals surface area contributed by atoms with Crippen LogP contribution in [0.15, 0.2) is 18.2 Å². The molecule has 2 rings (SSSR count). The molecule has 0 saturated heterocycles. The second-order valence-electron chi connectivity index (χ2n) is 4.18. The van der Waals surface area contributed by atoms with Gasteiger partial charge in [-0.3, -0.25) is 0 Å². The first kappa shape index (κ1) is 13.1. The van der Waals surface area contributed by atoms with Crippen LogP contribution in [0.4, 0.5) is 0 Å². The van der Waals surface area contributed by atoms with Crippen molar-refractivity contribution in [3.8, 4) is 11.5 Å². The molecule has 1 heterocycles. The minimum absolute atomic E-state index is 0.333. The number of methoxy groups -OCH3 is 1. The molecular formula is C13H19NO4. The summed E-state index contributed by atoms with van der Waals surface area (Å²) in [5, 5.41) is 12.7. The topological polar surface area (TPSA) is 60.0 Å². The second kappa shape index (κ2) is 6.58. The zero-order valence-electron chi connectivity index (χ0n) is 10.5. The van der Waals surface area contributed by atoms with Crippen LogP contribution in [0.1, 0.15) is 5.56 Å². The van der Waals surface area contributed by atoms with Crippen molar-refractivity contribution in [2.75, 3.05) is 33.5 Å². The van der Waals surface area contributed by atoms with Crippen LogP contribution in [0, 0.1) is 0 Å². The summed E-state index contributed by atoms with van der Waals surface area (Å²) in [7, 11) is 1.57. The van der Waals surface area contributed by atoms with E-state index in [2.05, 4.69) is 5.32 Å². The first-order chi connectivity index (χ1) is 8.81. The molecule has 1 aromatic carbocycles. The maximum Gasteiger partial charge on any atom is 0.165 e. The lowest BCUT2D eigenvalue weighted by Crippen LogP contribution is -2.30. The van der Waals surface area contributed by atoms with Crippen molar-refractivity contribution in [1.29, 1.82) is 0 Å². The van der Waals surface area contributed by atoms with Crippen LogP contribution in [-0.2, 0) is 11.3 Å². The van der Waals surface area contributed by atoms with Gasteiger partial charge in [0.2, 0.25) is 0 Å². The molecule has 1 unspecified atom stereocenters. The smallest absolute Gasteiger partial charge is 0.165 e. The summed E-state index contributed by atoms with van der Waals surface area (Å²) in [6, 6.07) is 5.83. The van der Waals surface area contributed by atoms with Crippen molar-refractivity contribution in [2.45, 2.75) is 12.6 Å². The van der Waals surface area contributed by atoms with E-state index in [0.717, 1.165) is 17.1 Å². The minimum atomic E-state index is -0.494. The molecule has 0 aliphatic carbocycles. The van der Waals surface area contributed by atoms with E-state index < -0.39 is 6.10 Å². The number of nitrogens with one attached hydrogen (secondary N) is 1. The average Bonchev–Trinajstić information content (AvgIpc) is 2.39. The Hall–Kier alpha value is -1.30. The summed E-state index contributed by atoms with van der Waals surface area (Å²) in [6.07, 6.45) is -0.494. The van der Waals surface area contributed by atoms with Crippen LogP contribution in [0.5, 0.6) is 11.5 Å². The van der Waals surface area contributed by atoms with Gasteiger partial charge in [-0.05, 0) is 6.07 Å². The Morgan fingerprint density at radius 3 is 3.06 bits per heavy atom. The SMILES string of the molecule is COCC(O)CNCc1cccc2c1OCCO2. The van der Waals surface area contributed by atoms with E-state index in [-0.39, 0.29) is 0 Å². The van der Waals surface area contributed by atoms with Crippen LogP contribution in [0.2, 0.25) is 0 Å². The molecular weight excluding hydrogens is 234 g/mol. The fourth-order valence-electron chi connectivity index (χ4n) is 1.90. The fraction of sp³-hybridized carbons (Fsp3) is 0.538. The highest BCUT2D eigenvalue weighted by Crippen LogP contribution is 2.33. The molecule has 0 aromatic heterocycles. The van der Waals surface area contributed by atoms with Gasteiger partial charge in [0.05, 0.1) is 12.7 Å². The third-order valence-corrected chi connectivity index (χ3v) is 2.70. The number of hydrogen-bond donors (Lipinski definition) is 2. The predicted molar refractivity (Wildman–Crippen MR) is 67.0 cm³/mol. The van der Waals surface area contributed by atoms with E-state index in [1.807, 2.05) is 18.2 Å². The van der Waals surface area contributed by atoms with E-state index >= 15 is 0 Å². The van der Waals surface area contributed by atoms with Gasteiger partial charge in [0.25, 0.3) is 0 Å². The van der Waals surface area contributed by atoms with Gasteiger partial charge in [-0.1, -0.05) is 12.1 Å². The molecule has 2 N–H and O–H groups in total. The lowest BCUT2D eigenvalue weighted by molar-refractivity contribution is 0.0643. The number of rotatable bonds is 6. The zero-order chi connectivity index (χ0) is 12.8. The van der Waals surface area contributed by atoms with Crippen LogP contribution >= 0.6 is 0 Å². The highest BCUT2D eigenvalue weighted by atomic mass is 16.6. The Morgan fingerprint density at radius 2 is 2.22 bits per heavy atom. The molecule has 1 aromatic rings. The summed E-state index contributed by atoms with van der Waals surface area (Å²) in [4.78, 5) is 0. The number of hydrogen-bond acceptors (Lipinski definition) is 5. The summed E-state index contributed by atoms with van der Waals surface area (Å²) < 4.78 is 16.0. The van der Waals surface area contributed by atoms with Crippen molar-refractivity contribution in [2.24, 2.45) is 0 Å². The normalized spacial score (nSPS) is 15.4. The summed E-state index contributed by atoms with van der Waals surface area (Å²) >= 11 is 0. The maximum absolute atomic E-state index is 9.52. The maximum atomic E-state index is 9.52. The van der Waals surface area contributed by atoms with Crippen molar-refractivity contribution in [1.82, 2.24) is 5.32 Å². The van der Waals surface area contributed by atoms with Crippen molar-refractivity contribution < 1.29 is 19.3 Å². The van der Waals surface area contributed by atoms with Gasteiger partial charge < -0.3 is 24.6 Å². The Morgan fingerprint density at radius 1 is 1.39 bits per heavy atom. The molecule has 0 fully saturated rings. The third-order valence-electron chi connectivity index (χ3n) is 2.70. The molecule has 5 nitrogen and oxygen atoms in total. The summed E-state index contributed by atoms with van der Waals surface area (Å²) in [5.41, 5.74) is 1.04. The minimum Gasteiger partial charge on any atom is -0.486 e. The standard InChI is InChI=1S/C13H19NO4/c1-16-9-11(15)8-14-7-10-3-2-4-12-13(10)18-6-5-17-12/h2-4,11,14-15H,5-9H2,1H3. The van der Waals surface area contributed by atoms with E-state index in [9.17, 15) is 5.11 Å². The molecule has 0 saturated carbocycles. The van der Waals surface area contributed by atoms with E-state index in [1.165, 1.54) is 0 Å². The van der Waals surface area contributed by atoms with E-state index in [1.54, 1.807) is 7.11 Å². The lowest BCUT2D eigenvalue weighted by Gasteiger charge is -2.21. The number of ether oxygens (including phenoxy) is 3. The highest BCUT2D eigenvalue weighted by Gasteiger charge is 2.15. The van der Waals surface area contributed by atoms with E-state index in [0.29, 0.717) is 32.9 Å². The lowest BCUT2D eigenvalue weighted by atomic mass is 10.1. The molecule has 5 heteroatoms. The van der Waals surface area contributed by atoms with Crippen molar-refractivity contribution >= 4 is 0 Å². The number of benzene rings is 1. The number of fused-ring (bicyclic) bond motifs is 1. The van der Waals surface area contributed by atoms with Gasteiger partial charge in [-0.15, -0.1) is 0 Å². The van der Waals surface area contributed by atoms with Gasteiger partial charge in [-0.2, -0.15) is 0 Å². The van der Waals surface area contributed by atoms with Crippen molar-refractivity contribution in [3.63, 3.8) is 0 Å². The van der Waals surface area contributed by atoms with Crippen molar-refractivity contribution in [3.05, 3.63) is 23.8 Å². The molecule has 1 atom stereocenters. The van der Waals surface area contributed by atoms with Crippen LogP contribution < -0.4 is 14.8 Å². The molecule has 0 spiro atoms. The number of aliphatic hydroxyl groups excluding tert-OH is 1. The third kappa shape index (κ3) is 3.35. The summed E-state index contributed by atoms with van der Waals surface area (Å²) in [5.74, 6) is 1.59. The van der Waals surface area contributed by atoms with Gasteiger partial charge in [-0.25, -0.2) is 0 Å². The predicted octanol–water partition coefficient (Wildman–Crippen LogP) is 0.555. The highest BCUT2D eigenvalue weighted by molar-refractivity contribution is 5.47. The number of aliphatic hydroxyl groups is 1. The largest absolute Gasteiger partial charge is 0.486 e. The Bertz CT molecular complexity index is 383.